The molecular formula is C17H18ClF2N3. The van der Waals surface area contributed by atoms with Crippen LogP contribution in [0.3, 0.4) is 0 Å². The van der Waals surface area contributed by atoms with Gasteiger partial charge in [-0.05, 0) is 55.0 Å². The first kappa shape index (κ1) is 14.9. The second-order valence-electron chi connectivity index (χ2n) is 6.56. The number of halogens is 3. The third-order valence-corrected chi connectivity index (χ3v) is 4.99. The van der Waals surface area contributed by atoms with Crippen molar-refractivity contribution in [1.82, 2.24) is 9.78 Å². The molecule has 0 spiro atoms. The third-order valence-electron chi connectivity index (χ3n) is 4.67. The highest BCUT2D eigenvalue weighted by molar-refractivity contribution is 6.33. The van der Waals surface area contributed by atoms with Crippen molar-refractivity contribution in [3.8, 4) is 0 Å². The number of alkyl halides is 2. The van der Waals surface area contributed by atoms with Crippen molar-refractivity contribution in [1.29, 1.82) is 0 Å². The number of hydrogen-bond acceptors (Lipinski definition) is 2. The Morgan fingerprint density at radius 3 is 2.78 bits per heavy atom. The number of hydrogen-bond donors (Lipinski definition) is 1. The van der Waals surface area contributed by atoms with E-state index in [9.17, 15) is 8.78 Å². The molecule has 2 aromatic rings. The van der Waals surface area contributed by atoms with E-state index in [1.165, 1.54) is 28.7 Å². The second kappa shape index (κ2) is 5.20. The van der Waals surface area contributed by atoms with Crippen LogP contribution in [-0.4, -0.2) is 15.7 Å². The van der Waals surface area contributed by atoms with Gasteiger partial charge < -0.3 is 5.32 Å². The highest BCUT2D eigenvalue weighted by Gasteiger charge is 2.59. The van der Waals surface area contributed by atoms with Gasteiger partial charge in [0.25, 0.3) is 5.92 Å². The Morgan fingerprint density at radius 2 is 2.13 bits per heavy atom. The monoisotopic (exact) mass is 337 g/mol. The van der Waals surface area contributed by atoms with Gasteiger partial charge in [0.15, 0.2) is 0 Å². The maximum atomic E-state index is 13.2. The van der Waals surface area contributed by atoms with E-state index in [0.717, 1.165) is 11.4 Å². The van der Waals surface area contributed by atoms with Gasteiger partial charge in [0.2, 0.25) is 0 Å². The van der Waals surface area contributed by atoms with Gasteiger partial charge in [0.1, 0.15) is 6.04 Å². The molecule has 2 aliphatic rings. The topological polar surface area (TPSA) is 29.9 Å². The Bertz CT molecular complexity index is 752. The molecule has 2 saturated carbocycles. The minimum absolute atomic E-state index is 0.127. The average molecular weight is 338 g/mol. The van der Waals surface area contributed by atoms with Crippen LogP contribution in [0.5, 0.6) is 0 Å². The van der Waals surface area contributed by atoms with Crippen molar-refractivity contribution in [3.05, 3.63) is 46.2 Å². The number of nitrogens with zero attached hydrogens (tertiary/aromatic N) is 2. The summed E-state index contributed by atoms with van der Waals surface area (Å²) in [6, 6.07) is 5.04. The van der Waals surface area contributed by atoms with Crippen LogP contribution in [0.4, 0.5) is 14.5 Å². The van der Waals surface area contributed by atoms with Crippen molar-refractivity contribution in [2.75, 3.05) is 5.32 Å². The quantitative estimate of drug-likeness (QED) is 0.839. The first-order valence-electron chi connectivity index (χ1n) is 7.90. The van der Waals surface area contributed by atoms with E-state index in [-0.39, 0.29) is 6.42 Å². The predicted molar refractivity (Wildman–Crippen MR) is 86.3 cm³/mol. The van der Waals surface area contributed by atoms with Gasteiger partial charge >= 0.3 is 0 Å². The zero-order valence-corrected chi connectivity index (χ0v) is 13.6. The molecule has 1 aromatic carbocycles. The highest BCUT2D eigenvalue weighted by atomic mass is 35.5. The minimum atomic E-state index is -2.62. The summed E-state index contributed by atoms with van der Waals surface area (Å²) >= 11 is 6.37. The normalized spacial score (nSPS) is 22.2. The Morgan fingerprint density at radius 1 is 1.39 bits per heavy atom. The number of nitrogens with one attached hydrogen (secondary N) is 1. The van der Waals surface area contributed by atoms with Crippen LogP contribution in [0.25, 0.3) is 0 Å². The predicted octanol–water partition coefficient (Wildman–Crippen LogP) is 4.91. The SMILES string of the molecule is Cc1cc(NCc2ccnn2C2CC2(F)F)c(Cl)cc1C1CC1. The Balaban J connectivity index is 1.50. The molecule has 3 nitrogen and oxygen atoms in total. The van der Waals surface area contributed by atoms with E-state index < -0.39 is 12.0 Å². The molecule has 23 heavy (non-hydrogen) atoms. The van der Waals surface area contributed by atoms with Crippen LogP contribution in [0.2, 0.25) is 5.02 Å². The number of benzene rings is 1. The van der Waals surface area contributed by atoms with Gasteiger partial charge in [0.05, 0.1) is 22.9 Å². The molecule has 0 aliphatic heterocycles. The number of aromatic nitrogens is 2. The van der Waals surface area contributed by atoms with E-state index >= 15 is 0 Å². The average Bonchev–Trinajstić information content (AvgIpc) is 3.38. The first-order chi connectivity index (χ1) is 11.0. The van der Waals surface area contributed by atoms with Crippen molar-refractivity contribution >= 4 is 17.3 Å². The molecule has 2 fully saturated rings. The zero-order chi connectivity index (χ0) is 16.2. The Hall–Kier alpha value is -1.62. The maximum Gasteiger partial charge on any atom is 0.272 e. The van der Waals surface area contributed by atoms with Crippen LogP contribution in [0.1, 0.15) is 48.0 Å². The fourth-order valence-corrected chi connectivity index (χ4v) is 3.32. The van der Waals surface area contributed by atoms with Crippen LogP contribution in [0.15, 0.2) is 24.4 Å². The lowest BCUT2D eigenvalue weighted by molar-refractivity contribution is 0.0977. The fraction of sp³-hybridized carbons (Fsp3) is 0.471. The summed E-state index contributed by atoms with van der Waals surface area (Å²) in [6.07, 6.45) is 3.91. The molecule has 0 amide bonds. The molecule has 0 saturated heterocycles. The molecule has 4 rings (SSSR count). The molecule has 1 unspecified atom stereocenters. The van der Waals surface area contributed by atoms with Gasteiger partial charge in [-0.3, -0.25) is 4.68 Å². The smallest absolute Gasteiger partial charge is 0.272 e. The van der Waals surface area contributed by atoms with Crippen molar-refractivity contribution in [3.63, 3.8) is 0 Å². The van der Waals surface area contributed by atoms with Gasteiger partial charge in [0, 0.05) is 12.6 Å². The lowest BCUT2D eigenvalue weighted by atomic mass is 10.0. The standard InChI is InChI=1S/C17H18ClF2N3/c1-10-6-15(14(18)7-13(10)11-2-3-11)21-9-12-4-5-22-23(12)16-8-17(16,19)20/h4-7,11,16,21H,2-3,8-9H2,1H3. The van der Waals surface area contributed by atoms with Crippen LogP contribution in [0, 0.1) is 6.92 Å². The molecule has 0 bridgehead atoms. The lowest BCUT2D eigenvalue weighted by Crippen LogP contribution is -2.11. The fourth-order valence-electron chi connectivity index (χ4n) is 3.08. The zero-order valence-electron chi connectivity index (χ0n) is 12.8. The molecule has 6 heteroatoms. The highest BCUT2D eigenvalue weighted by Crippen LogP contribution is 2.52. The van der Waals surface area contributed by atoms with Gasteiger partial charge in [-0.2, -0.15) is 5.10 Å². The Kier molecular flexibility index (Phi) is 3.38. The third kappa shape index (κ3) is 2.82. The number of rotatable bonds is 5. The molecule has 1 heterocycles. The van der Waals surface area contributed by atoms with E-state index in [4.69, 9.17) is 11.6 Å². The number of anilines is 1. The summed E-state index contributed by atoms with van der Waals surface area (Å²) < 4.78 is 27.9. The summed E-state index contributed by atoms with van der Waals surface area (Å²) in [5.74, 6) is -1.97. The van der Waals surface area contributed by atoms with Gasteiger partial charge in [-0.1, -0.05) is 11.6 Å². The van der Waals surface area contributed by atoms with E-state index in [1.54, 1.807) is 12.3 Å². The van der Waals surface area contributed by atoms with Crippen molar-refractivity contribution in [2.24, 2.45) is 0 Å². The van der Waals surface area contributed by atoms with Gasteiger partial charge in [-0.25, -0.2) is 8.78 Å². The van der Waals surface area contributed by atoms with Crippen molar-refractivity contribution in [2.45, 2.75) is 50.6 Å². The largest absolute Gasteiger partial charge is 0.378 e. The van der Waals surface area contributed by atoms with Crippen LogP contribution < -0.4 is 5.32 Å². The maximum absolute atomic E-state index is 13.2. The molecule has 122 valence electrons. The van der Waals surface area contributed by atoms with Crippen molar-refractivity contribution < 1.29 is 8.78 Å². The molecule has 0 radical (unpaired) electrons. The summed E-state index contributed by atoms with van der Waals surface area (Å²) in [4.78, 5) is 0. The molecule has 1 atom stereocenters. The van der Waals surface area contributed by atoms with Crippen LogP contribution in [-0.2, 0) is 6.54 Å². The van der Waals surface area contributed by atoms with Gasteiger partial charge in [-0.15, -0.1) is 0 Å². The summed E-state index contributed by atoms with van der Waals surface area (Å²) in [5, 5.41) is 7.97. The Labute approximate surface area is 138 Å². The second-order valence-corrected chi connectivity index (χ2v) is 6.97. The van der Waals surface area contributed by atoms with E-state index in [2.05, 4.69) is 17.3 Å². The molecular weight excluding hydrogens is 320 g/mol. The number of aryl methyl sites for hydroxylation is 1. The first-order valence-corrected chi connectivity index (χ1v) is 8.27. The van der Waals surface area contributed by atoms with E-state index in [1.807, 2.05) is 12.1 Å². The summed E-state index contributed by atoms with van der Waals surface area (Å²) in [6.45, 7) is 2.51. The minimum Gasteiger partial charge on any atom is -0.378 e. The van der Waals surface area contributed by atoms with Crippen LogP contribution >= 0.6 is 11.6 Å². The lowest BCUT2D eigenvalue weighted by Gasteiger charge is -2.13. The molecule has 1 aromatic heterocycles. The molecule has 2 aliphatic carbocycles. The van der Waals surface area contributed by atoms with E-state index in [0.29, 0.717) is 17.5 Å². The molecule has 1 N–H and O–H groups in total. The summed E-state index contributed by atoms with van der Waals surface area (Å²) in [5.41, 5.74) is 4.13. The summed E-state index contributed by atoms with van der Waals surface area (Å²) in [7, 11) is 0.